The van der Waals surface area contributed by atoms with Crippen molar-refractivity contribution in [1.82, 2.24) is 14.9 Å². The maximum absolute atomic E-state index is 12.6. The summed E-state index contributed by atoms with van der Waals surface area (Å²) in [6.45, 7) is 7.37. The van der Waals surface area contributed by atoms with E-state index in [9.17, 15) is 4.79 Å². The predicted octanol–water partition coefficient (Wildman–Crippen LogP) is 3.16. The van der Waals surface area contributed by atoms with E-state index in [1.54, 1.807) is 23.7 Å². The van der Waals surface area contributed by atoms with Crippen molar-refractivity contribution in [3.8, 4) is 10.6 Å². The molecule has 1 amide bonds. The molecule has 1 atom stereocenters. The first kappa shape index (κ1) is 17.0. The lowest BCUT2D eigenvalue weighted by Gasteiger charge is -2.44. The zero-order valence-corrected chi connectivity index (χ0v) is 15.2. The van der Waals surface area contributed by atoms with Crippen LogP contribution in [0.1, 0.15) is 32.9 Å². The number of hydrogen-bond acceptors (Lipinski definition) is 5. The largest absolute Gasteiger partial charge is 0.374 e. The Kier molecular flexibility index (Phi) is 4.96. The highest BCUT2D eigenvalue weighted by atomic mass is 32.1. The number of morpholine rings is 1. The molecule has 24 heavy (non-hydrogen) atoms. The summed E-state index contributed by atoms with van der Waals surface area (Å²) in [4.78, 5) is 23.3. The van der Waals surface area contributed by atoms with Gasteiger partial charge in [-0.05, 0) is 39.3 Å². The highest BCUT2D eigenvalue weighted by molar-refractivity contribution is 7.13. The van der Waals surface area contributed by atoms with Crippen LogP contribution in [0.15, 0.2) is 29.9 Å². The smallest absolute Gasteiger partial charge is 0.223 e. The molecule has 2 aromatic rings. The molecule has 6 heteroatoms. The van der Waals surface area contributed by atoms with E-state index in [0.717, 1.165) is 16.3 Å². The molecule has 0 radical (unpaired) electrons. The highest BCUT2D eigenvalue weighted by Crippen LogP contribution is 2.25. The molecule has 1 saturated heterocycles. The molecule has 1 unspecified atom stereocenters. The Labute approximate surface area is 146 Å². The number of carbonyl (C=O) groups is 1. The summed E-state index contributed by atoms with van der Waals surface area (Å²) in [6.07, 6.45) is 4.78. The minimum absolute atomic E-state index is 0.0968. The Bertz CT molecular complexity index is 699. The molecule has 0 aromatic carbocycles. The molecule has 2 aromatic heterocycles. The van der Waals surface area contributed by atoms with Gasteiger partial charge in [0, 0.05) is 36.3 Å². The summed E-state index contributed by atoms with van der Waals surface area (Å²) in [6, 6.07) is 3.90. The van der Waals surface area contributed by atoms with Crippen molar-refractivity contribution in [2.45, 2.75) is 45.3 Å². The van der Waals surface area contributed by atoms with Gasteiger partial charge in [0.1, 0.15) is 5.01 Å². The van der Waals surface area contributed by atoms with Crippen LogP contribution in [0.2, 0.25) is 0 Å². The lowest BCUT2D eigenvalue weighted by atomic mass is 10.00. The van der Waals surface area contributed by atoms with Gasteiger partial charge in [-0.1, -0.05) is 0 Å². The number of pyridine rings is 1. The average Bonchev–Trinajstić information content (AvgIpc) is 3.05. The van der Waals surface area contributed by atoms with E-state index in [0.29, 0.717) is 26.0 Å². The van der Waals surface area contributed by atoms with Gasteiger partial charge in [0.05, 0.1) is 23.9 Å². The summed E-state index contributed by atoms with van der Waals surface area (Å²) in [5.41, 5.74) is 1.79. The quantitative estimate of drug-likeness (QED) is 0.854. The van der Waals surface area contributed by atoms with Gasteiger partial charge in [0.25, 0.3) is 0 Å². The van der Waals surface area contributed by atoms with E-state index < -0.39 is 0 Å². The Morgan fingerprint density at radius 2 is 2.17 bits per heavy atom. The van der Waals surface area contributed by atoms with E-state index in [1.807, 2.05) is 29.3 Å². The lowest BCUT2D eigenvalue weighted by molar-refractivity contribution is -0.152. The lowest BCUT2D eigenvalue weighted by Crippen LogP contribution is -2.57. The van der Waals surface area contributed by atoms with Gasteiger partial charge in [-0.2, -0.15) is 0 Å². The number of aryl methyl sites for hydroxylation is 1. The molecule has 3 heterocycles. The third-order valence-electron chi connectivity index (χ3n) is 4.27. The van der Waals surface area contributed by atoms with Crippen LogP contribution >= 0.6 is 11.3 Å². The van der Waals surface area contributed by atoms with Gasteiger partial charge in [-0.15, -0.1) is 11.3 Å². The number of carbonyl (C=O) groups excluding carboxylic acids is 1. The number of rotatable bonds is 4. The molecule has 0 aliphatic carbocycles. The molecule has 0 N–H and O–H groups in total. The normalized spacial score (nSPS) is 20.1. The topological polar surface area (TPSA) is 55.3 Å². The highest BCUT2D eigenvalue weighted by Gasteiger charge is 2.36. The first-order valence-corrected chi connectivity index (χ1v) is 9.10. The minimum Gasteiger partial charge on any atom is -0.374 e. The molecular weight excluding hydrogens is 322 g/mol. The first-order valence-electron chi connectivity index (χ1n) is 8.22. The third kappa shape index (κ3) is 3.82. The minimum atomic E-state index is -0.242. The maximum Gasteiger partial charge on any atom is 0.223 e. The van der Waals surface area contributed by atoms with Crippen LogP contribution in [0.25, 0.3) is 10.6 Å². The molecular formula is C18H23N3O2S. The van der Waals surface area contributed by atoms with Crippen molar-refractivity contribution < 1.29 is 9.53 Å². The van der Waals surface area contributed by atoms with Gasteiger partial charge >= 0.3 is 0 Å². The van der Waals surface area contributed by atoms with Crippen molar-refractivity contribution in [2.75, 3.05) is 13.2 Å². The van der Waals surface area contributed by atoms with E-state index in [2.05, 4.69) is 23.8 Å². The molecule has 0 spiro atoms. The summed E-state index contributed by atoms with van der Waals surface area (Å²) in [5, 5.41) is 3.01. The maximum atomic E-state index is 12.6. The fraction of sp³-hybridized carbons (Fsp3) is 0.500. The third-order valence-corrected chi connectivity index (χ3v) is 5.21. The monoisotopic (exact) mass is 345 g/mol. The van der Waals surface area contributed by atoms with E-state index in [1.165, 1.54) is 0 Å². The van der Waals surface area contributed by atoms with Crippen molar-refractivity contribution in [3.05, 3.63) is 35.6 Å². The van der Waals surface area contributed by atoms with Crippen molar-refractivity contribution in [2.24, 2.45) is 0 Å². The standard InChI is InChI=1S/C18H23N3O2S/c1-13-10-21(18(2,3)12-23-13)16(22)5-4-15-11-24-17(20-15)14-6-8-19-9-7-14/h6-9,11,13H,4-5,10,12H2,1-3H3. The Morgan fingerprint density at radius 3 is 2.92 bits per heavy atom. The molecule has 0 bridgehead atoms. The van der Waals surface area contributed by atoms with Crippen LogP contribution in [0, 0.1) is 0 Å². The number of ether oxygens (including phenoxy) is 1. The van der Waals surface area contributed by atoms with Gasteiger partial charge in [-0.3, -0.25) is 9.78 Å². The van der Waals surface area contributed by atoms with Crippen LogP contribution in [-0.2, 0) is 16.0 Å². The average molecular weight is 345 g/mol. The SMILES string of the molecule is CC1CN(C(=O)CCc2csc(-c3ccncc3)n2)C(C)(C)CO1. The van der Waals surface area contributed by atoms with Crippen LogP contribution in [0.4, 0.5) is 0 Å². The zero-order valence-electron chi connectivity index (χ0n) is 14.4. The number of nitrogens with zero attached hydrogens (tertiary/aromatic N) is 3. The number of amides is 1. The molecule has 1 aliphatic heterocycles. The summed E-state index contributed by atoms with van der Waals surface area (Å²) in [5.74, 6) is 0.175. The van der Waals surface area contributed by atoms with Crippen molar-refractivity contribution in [3.63, 3.8) is 0 Å². The van der Waals surface area contributed by atoms with E-state index in [4.69, 9.17) is 4.74 Å². The molecule has 1 aliphatic rings. The number of aromatic nitrogens is 2. The van der Waals surface area contributed by atoms with Gasteiger partial charge in [0.2, 0.25) is 5.91 Å². The predicted molar refractivity (Wildman–Crippen MR) is 94.9 cm³/mol. The van der Waals surface area contributed by atoms with Crippen molar-refractivity contribution >= 4 is 17.2 Å². The Morgan fingerprint density at radius 1 is 1.42 bits per heavy atom. The summed E-state index contributed by atoms with van der Waals surface area (Å²) >= 11 is 1.61. The summed E-state index contributed by atoms with van der Waals surface area (Å²) < 4.78 is 5.68. The molecule has 128 valence electrons. The number of hydrogen-bond donors (Lipinski definition) is 0. The van der Waals surface area contributed by atoms with E-state index in [-0.39, 0.29) is 17.6 Å². The molecule has 1 fully saturated rings. The molecule has 5 nitrogen and oxygen atoms in total. The van der Waals surface area contributed by atoms with Gasteiger partial charge in [-0.25, -0.2) is 4.98 Å². The van der Waals surface area contributed by atoms with Crippen LogP contribution < -0.4 is 0 Å². The Balaban J connectivity index is 1.61. The van der Waals surface area contributed by atoms with Crippen LogP contribution in [0.3, 0.4) is 0 Å². The summed E-state index contributed by atoms with van der Waals surface area (Å²) in [7, 11) is 0. The molecule has 3 rings (SSSR count). The second kappa shape index (κ2) is 6.99. The van der Waals surface area contributed by atoms with E-state index >= 15 is 0 Å². The first-order chi connectivity index (χ1) is 11.5. The van der Waals surface area contributed by atoms with Gasteiger partial charge in [0.15, 0.2) is 0 Å². The second-order valence-corrected chi connectivity index (χ2v) is 7.68. The Hall–Kier alpha value is -1.79. The van der Waals surface area contributed by atoms with Crippen molar-refractivity contribution in [1.29, 1.82) is 0 Å². The van der Waals surface area contributed by atoms with Crippen LogP contribution in [0.5, 0.6) is 0 Å². The van der Waals surface area contributed by atoms with Crippen LogP contribution in [-0.4, -0.2) is 45.6 Å². The molecule has 0 saturated carbocycles. The fourth-order valence-electron chi connectivity index (χ4n) is 2.84. The van der Waals surface area contributed by atoms with Gasteiger partial charge < -0.3 is 9.64 Å². The number of thiazole rings is 1. The second-order valence-electron chi connectivity index (χ2n) is 6.82. The fourth-order valence-corrected chi connectivity index (χ4v) is 3.70. The zero-order chi connectivity index (χ0) is 17.2.